The van der Waals surface area contributed by atoms with Crippen molar-refractivity contribution < 1.29 is 8.42 Å². The highest BCUT2D eigenvalue weighted by molar-refractivity contribution is 7.92. The lowest BCUT2D eigenvalue weighted by Gasteiger charge is -2.29. The molecule has 5 heteroatoms. The summed E-state index contributed by atoms with van der Waals surface area (Å²) in [5, 5.41) is 3.01. The highest BCUT2D eigenvalue weighted by atomic mass is 32.2. The molecule has 92 valence electrons. The number of hydrogen-bond donors (Lipinski definition) is 1. The van der Waals surface area contributed by atoms with E-state index in [0.29, 0.717) is 5.75 Å². The first-order valence-electron chi connectivity index (χ1n) is 5.92. The van der Waals surface area contributed by atoms with Gasteiger partial charge in [0.1, 0.15) is 0 Å². The second-order valence-electron chi connectivity index (χ2n) is 4.68. The third-order valence-electron chi connectivity index (χ3n) is 3.42. The molecule has 0 aliphatic carbocycles. The highest BCUT2D eigenvalue weighted by Gasteiger charge is 2.33. The second kappa shape index (κ2) is 4.85. The number of hydrogen-bond acceptors (Lipinski definition) is 4. The van der Waals surface area contributed by atoms with E-state index in [1.54, 1.807) is 0 Å². The van der Waals surface area contributed by atoms with Gasteiger partial charge in [0, 0.05) is 32.7 Å². The van der Waals surface area contributed by atoms with Crippen molar-refractivity contribution in [3.63, 3.8) is 0 Å². The van der Waals surface area contributed by atoms with Crippen LogP contribution >= 0.6 is 0 Å². The van der Waals surface area contributed by atoms with Crippen LogP contribution in [0.4, 0.5) is 0 Å². The van der Waals surface area contributed by atoms with Gasteiger partial charge in [-0.2, -0.15) is 0 Å². The van der Waals surface area contributed by atoms with Gasteiger partial charge in [0.25, 0.3) is 0 Å². The zero-order chi connectivity index (χ0) is 11.6. The summed E-state index contributed by atoms with van der Waals surface area (Å²) in [5.74, 6) is 0.345. The number of sulfone groups is 1. The lowest BCUT2D eigenvalue weighted by molar-refractivity contribution is 0.258. The van der Waals surface area contributed by atoms with Gasteiger partial charge in [-0.1, -0.05) is 6.58 Å². The molecule has 0 aromatic carbocycles. The predicted octanol–water partition coefficient (Wildman–Crippen LogP) is 0.0250. The van der Waals surface area contributed by atoms with Gasteiger partial charge in [0.2, 0.25) is 0 Å². The van der Waals surface area contributed by atoms with Gasteiger partial charge >= 0.3 is 0 Å². The van der Waals surface area contributed by atoms with Crippen molar-refractivity contribution in [2.45, 2.75) is 18.1 Å². The van der Waals surface area contributed by atoms with E-state index in [0.717, 1.165) is 51.1 Å². The van der Waals surface area contributed by atoms with E-state index < -0.39 is 9.84 Å². The van der Waals surface area contributed by atoms with Gasteiger partial charge in [-0.25, -0.2) is 8.42 Å². The Morgan fingerprint density at radius 2 is 2.06 bits per heavy atom. The summed E-state index contributed by atoms with van der Waals surface area (Å²) in [4.78, 5) is 2.28. The van der Waals surface area contributed by atoms with Crippen LogP contribution < -0.4 is 5.32 Å². The first-order chi connectivity index (χ1) is 7.59. The van der Waals surface area contributed by atoms with Crippen LogP contribution in [0.5, 0.6) is 0 Å². The van der Waals surface area contributed by atoms with Crippen molar-refractivity contribution in [1.82, 2.24) is 10.2 Å². The molecule has 2 rings (SSSR count). The largest absolute Gasteiger partial charge is 0.314 e. The summed E-state index contributed by atoms with van der Waals surface area (Å²) in [6.07, 6.45) is 1.57. The van der Waals surface area contributed by atoms with Crippen LogP contribution in [-0.4, -0.2) is 57.0 Å². The quantitative estimate of drug-likeness (QED) is 0.711. The van der Waals surface area contributed by atoms with E-state index in [9.17, 15) is 8.42 Å². The summed E-state index contributed by atoms with van der Waals surface area (Å²) in [6, 6.07) is 0. The van der Waals surface area contributed by atoms with Gasteiger partial charge in [-0.15, -0.1) is 0 Å². The standard InChI is InChI=1S/C11H20N2O2S/c1-10(9-13-6-4-12-5-7-13)11-3-2-8-16(11,14)15/h11-12H,1-9H2. The van der Waals surface area contributed by atoms with Crippen LogP contribution in [-0.2, 0) is 9.84 Å². The number of nitrogens with one attached hydrogen (secondary N) is 1. The molecule has 2 aliphatic heterocycles. The maximum atomic E-state index is 11.8. The van der Waals surface area contributed by atoms with Crippen molar-refractivity contribution >= 4 is 9.84 Å². The Bertz CT molecular complexity index is 358. The van der Waals surface area contributed by atoms with E-state index in [2.05, 4.69) is 16.8 Å². The number of nitrogens with zero attached hydrogens (tertiary/aromatic N) is 1. The molecule has 2 fully saturated rings. The lowest BCUT2D eigenvalue weighted by Crippen LogP contribution is -2.45. The van der Waals surface area contributed by atoms with Crippen LogP contribution in [0.2, 0.25) is 0 Å². The molecule has 0 bridgehead atoms. The molecule has 2 heterocycles. The van der Waals surface area contributed by atoms with Gasteiger partial charge in [0.15, 0.2) is 9.84 Å². The Morgan fingerprint density at radius 1 is 1.38 bits per heavy atom. The molecule has 4 nitrogen and oxygen atoms in total. The first-order valence-corrected chi connectivity index (χ1v) is 7.63. The van der Waals surface area contributed by atoms with E-state index in [-0.39, 0.29) is 5.25 Å². The molecule has 0 radical (unpaired) electrons. The normalized spacial score (nSPS) is 30.4. The molecule has 0 saturated carbocycles. The summed E-state index contributed by atoms with van der Waals surface area (Å²) in [7, 11) is -2.88. The molecule has 1 N–H and O–H groups in total. The third-order valence-corrected chi connectivity index (χ3v) is 5.71. The molecule has 0 aromatic heterocycles. The zero-order valence-corrected chi connectivity index (χ0v) is 10.4. The van der Waals surface area contributed by atoms with Crippen LogP contribution in [0.25, 0.3) is 0 Å². The average Bonchev–Trinajstić information content (AvgIpc) is 2.59. The summed E-state index contributed by atoms with van der Waals surface area (Å²) < 4.78 is 23.5. The van der Waals surface area contributed by atoms with Crippen molar-refractivity contribution in [1.29, 1.82) is 0 Å². The molecule has 2 aliphatic rings. The molecule has 0 amide bonds. The number of piperazine rings is 1. The maximum Gasteiger partial charge on any atom is 0.157 e. The Balaban J connectivity index is 1.92. The summed E-state index contributed by atoms with van der Waals surface area (Å²) in [6.45, 7) is 8.69. The average molecular weight is 244 g/mol. The van der Waals surface area contributed by atoms with Crippen molar-refractivity contribution in [3.05, 3.63) is 12.2 Å². The van der Waals surface area contributed by atoms with E-state index in [1.165, 1.54) is 0 Å². The fraction of sp³-hybridized carbons (Fsp3) is 0.818. The Kier molecular flexibility index (Phi) is 3.66. The molecular weight excluding hydrogens is 224 g/mol. The molecular formula is C11H20N2O2S. The minimum absolute atomic E-state index is 0.276. The van der Waals surface area contributed by atoms with Gasteiger partial charge in [-0.3, -0.25) is 4.90 Å². The van der Waals surface area contributed by atoms with E-state index in [4.69, 9.17) is 0 Å². The summed E-state index contributed by atoms with van der Waals surface area (Å²) >= 11 is 0. The number of rotatable bonds is 3. The van der Waals surface area contributed by atoms with E-state index >= 15 is 0 Å². The predicted molar refractivity (Wildman–Crippen MR) is 65.3 cm³/mol. The van der Waals surface area contributed by atoms with Crippen molar-refractivity contribution in [2.75, 3.05) is 38.5 Å². The topological polar surface area (TPSA) is 49.4 Å². The molecule has 1 unspecified atom stereocenters. The van der Waals surface area contributed by atoms with Gasteiger partial charge < -0.3 is 5.32 Å². The van der Waals surface area contributed by atoms with E-state index in [1.807, 2.05) is 0 Å². The fourth-order valence-electron chi connectivity index (χ4n) is 2.51. The monoisotopic (exact) mass is 244 g/mol. The summed E-state index contributed by atoms with van der Waals surface area (Å²) in [5.41, 5.74) is 0.888. The van der Waals surface area contributed by atoms with Crippen molar-refractivity contribution in [3.8, 4) is 0 Å². The second-order valence-corrected chi connectivity index (χ2v) is 6.99. The lowest BCUT2D eigenvalue weighted by atomic mass is 10.1. The fourth-order valence-corrected chi connectivity index (χ4v) is 4.47. The Hall–Kier alpha value is -0.390. The molecule has 16 heavy (non-hydrogen) atoms. The van der Waals surface area contributed by atoms with Crippen molar-refractivity contribution in [2.24, 2.45) is 0 Å². The Labute approximate surface area is 97.6 Å². The molecule has 0 aromatic rings. The minimum Gasteiger partial charge on any atom is -0.314 e. The third kappa shape index (κ3) is 2.64. The molecule has 1 atom stereocenters. The zero-order valence-electron chi connectivity index (χ0n) is 9.61. The first kappa shape index (κ1) is 12.1. The highest BCUT2D eigenvalue weighted by Crippen LogP contribution is 2.25. The van der Waals surface area contributed by atoms with Gasteiger partial charge in [0.05, 0.1) is 11.0 Å². The Morgan fingerprint density at radius 3 is 2.62 bits per heavy atom. The van der Waals surface area contributed by atoms with Crippen LogP contribution in [0.1, 0.15) is 12.8 Å². The van der Waals surface area contributed by atoms with Crippen LogP contribution in [0.15, 0.2) is 12.2 Å². The maximum absolute atomic E-state index is 11.8. The van der Waals surface area contributed by atoms with Crippen LogP contribution in [0.3, 0.4) is 0 Å². The SMILES string of the molecule is C=C(CN1CCNCC1)C1CCCS1(=O)=O. The smallest absolute Gasteiger partial charge is 0.157 e. The molecule has 0 spiro atoms. The van der Waals surface area contributed by atoms with Crippen LogP contribution in [0, 0.1) is 0 Å². The molecule has 2 saturated heterocycles. The minimum atomic E-state index is -2.88. The van der Waals surface area contributed by atoms with Gasteiger partial charge in [-0.05, 0) is 18.4 Å².